The molecule has 2 aromatic rings. The number of halogens is 1. The molecular weight excluding hydrogens is 503 g/mol. The van der Waals surface area contributed by atoms with Gasteiger partial charge in [-0.3, -0.25) is 0 Å². The van der Waals surface area contributed by atoms with Crippen LogP contribution in [0.3, 0.4) is 0 Å². The Kier molecular flexibility index (Phi) is 6.45. The lowest BCUT2D eigenvalue weighted by atomic mass is 10.1. The highest BCUT2D eigenvalue weighted by Crippen LogP contribution is 2.36. The Labute approximate surface area is 187 Å². The van der Waals surface area contributed by atoms with Gasteiger partial charge in [0.2, 0.25) is 0 Å². The molecule has 0 unspecified atom stereocenters. The van der Waals surface area contributed by atoms with Gasteiger partial charge in [-0.15, -0.1) is 0 Å². The second-order valence-corrected chi connectivity index (χ2v) is 7.92. The van der Waals surface area contributed by atoms with Crippen LogP contribution in [0.1, 0.15) is 36.7 Å². The second kappa shape index (κ2) is 8.86. The van der Waals surface area contributed by atoms with E-state index < -0.39 is 23.7 Å². The highest BCUT2D eigenvalue weighted by Gasteiger charge is 2.38. The van der Waals surface area contributed by atoms with Crippen LogP contribution in [0.4, 0.5) is 0 Å². The molecule has 0 saturated carbocycles. The van der Waals surface area contributed by atoms with Crippen molar-refractivity contribution in [2.75, 3.05) is 6.61 Å². The van der Waals surface area contributed by atoms with Gasteiger partial charge in [0.25, 0.3) is 5.79 Å². The molecule has 1 heterocycles. The molecule has 0 aliphatic carbocycles. The summed E-state index contributed by atoms with van der Waals surface area (Å²) in [6, 6.07) is 11.8. The molecule has 30 heavy (non-hydrogen) atoms. The molecule has 156 valence electrons. The van der Waals surface area contributed by atoms with Gasteiger partial charge in [0.15, 0.2) is 11.5 Å². The lowest BCUT2D eigenvalue weighted by molar-refractivity contribution is -0.222. The first-order valence-electron chi connectivity index (χ1n) is 9.12. The van der Waals surface area contributed by atoms with Gasteiger partial charge in [-0.25, -0.2) is 14.4 Å². The first-order valence-corrected chi connectivity index (χ1v) is 10.2. The molecule has 0 radical (unpaired) electrons. The van der Waals surface area contributed by atoms with Crippen molar-refractivity contribution >= 4 is 46.6 Å². The zero-order valence-corrected chi connectivity index (χ0v) is 18.7. The minimum absolute atomic E-state index is 0.235. The lowest BCUT2D eigenvalue weighted by Crippen LogP contribution is -2.41. The first-order chi connectivity index (χ1) is 14.2. The largest absolute Gasteiger partial charge is 0.490 e. The fraction of sp³-hybridized carbons (Fsp3) is 0.227. The highest BCUT2D eigenvalue weighted by atomic mass is 127. The first kappa shape index (κ1) is 21.8. The fourth-order valence-corrected chi connectivity index (χ4v) is 3.44. The second-order valence-electron chi connectivity index (χ2n) is 6.76. The van der Waals surface area contributed by atoms with Gasteiger partial charge >= 0.3 is 17.9 Å². The van der Waals surface area contributed by atoms with E-state index in [1.807, 2.05) is 22.6 Å². The Hall–Kier alpha value is -2.88. The predicted octanol–water partition coefficient (Wildman–Crippen LogP) is 4.13. The number of hydrogen-bond donors (Lipinski definition) is 0. The van der Waals surface area contributed by atoms with Gasteiger partial charge < -0.3 is 18.9 Å². The van der Waals surface area contributed by atoms with Crippen LogP contribution in [0.15, 0.2) is 48.0 Å². The smallest absolute Gasteiger partial charge is 0.348 e. The van der Waals surface area contributed by atoms with Crippen molar-refractivity contribution < 1.29 is 33.3 Å². The number of cyclic esters (lactones) is 2. The van der Waals surface area contributed by atoms with Crippen molar-refractivity contribution in [1.82, 2.24) is 0 Å². The average molecular weight is 522 g/mol. The Morgan fingerprint density at radius 1 is 1.10 bits per heavy atom. The van der Waals surface area contributed by atoms with Crippen molar-refractivity contribution in [3.05, 3.63) is 62.7 Å². The van der Waals surface area contributed by atoms with Crippen LogP contribution < -0.4 is 9.47 Å². The van der Waals surface area contributed by atoms with E-state index in [2.05, 4.69) is 0 Å². The molecule has 8 heteroatoms. The monoisotopic (exact) mass is 522 g/mol. The van der Waals surface area contributed by atoms with Crippen molar-refractivity contribution in [3.8, 4) is 11.5 Å². The maximum absolute atomic E-state index is 12.5. The van der Waals surface area contributed by atoms with Crippen molar-refractivity contribution in [2.45, 2.75) is 26.6 Å². The van der Waals surface area contributed by atoms with Crippen LogP contribution in [-0.4, -0.2) is 30.3 Å². The predicted molar refractivity (Wildman–Crippen MR) is 116 cm³/mol. The van der Waals surface area contributed by atoms with Crippen molar-refractivity contribution in [2.24, 2.45) is 0 Å². The molecule has 0 spiro atoms. The Bertz CT molecular complexity index is 1000. The average Bonchev–Trinajstić information content (AvgIpc) is 2.67. The van der Waals surface area contributed by atoms with Gasteiger partial charge in [0.05, 0.1) is 15.7 Å². The maximum atomic E-state index is 12.5. The Balaban J connectivity index is 1.94. The van der Waals surface area contributed by atoms with Crippen molar-refractivity contribution in [1.29, 1.82) is 0 Å². The third-order valence-corrected chi connectivity index (χ3v) is 4.77. The number of ether oxygens (including phenoxy) is 4. The number of esters is 3. The summed E-state index contributed by atoms with van der Waals surface area (Å²) >= 11 is 2.00. The van der Waals surface area contributed by atoms with Crippen LogP contribution in [0.25, 0.3) is 6.08 Å². The van der Waals surface area contributed by atoms with Gasteiger partial charge in [-0.1, -0.05) is 18.2 Å². The van der Waals surface area contributed by atoms with Crippen LogP contribution >= 0.6 is 22.6 Å². The quantitative estimate of drug-likeness (QED) is 0.192. The molecule has 0 aromatic heterocycles. The number of carbonyl (C=O) groups excluding carboxylic acids is 3. The zero-order valence-electron chi connectivity index (χ0n) is 16.6. The molecule has 7 nitrogen and oxygen atoms in total. The molecule has 1 aliphatic heterocycles. The number of benzene rings is 2. The van der Waals surface area contributed by atoms with Gasteiger partial charge in [-0.05, 0) is 65.4 Å². The summed E-state index contributed by atoms with van der Waals surface area (Å²) < 4.78 is 22.0. The summed E-state index contributed by atoms with van der Waals surface area (Å²) in [4.78, 5) is 36.8. The molecule has 0 N–H and O–H groups in total. The van der Waals surface area contributed by atoms with Gasteiger partial charge in [0, 0.05) is 13.8 Å². The van der Waals surface area contributed by atoms with Gasteiger partial charge in [0.1, 0.15) is 5.57 Å². The minimum Gasteiger partial charge on any atom is -0.490 e. The molecule has 1 saturated heterocycles. The Morgan fingerprint density at radius 2 is 1.73 bits per heavy atom. The van der Waals surface area contributed by atoms with E-state index in [4.69, 9.17) is 18.9 Å². The number of carbonyl (C=O) groups is 3. The van der Waals surface area contributed by atoms with E-state index in [1.54, 1.807) is 49.4 Å². The molecule has 0 atom stereocenters. The van der Waals surface area contributed by atoms with E-state index in [-0.39, 0.29) is 11.3 Å². The number of hydrogen-bond acceptors (Lipinski definition) is 7. The van der Waals surface area contributed by atoms with Gasteiger partial charge in [-0.2, -0.15) is 0 Å². The van der Waals surface area contributed by atoms with Crippen LogP contribution in [-0.2, 0) is 19.1 Å². The van der Waals surface area contributed by atoms with E-state index in [9.17, 15) is 14.4 Å². The van der Waals surface area contributed by atoms with Crippen molar-refractivity contribution in [3.63, 3.8) is 0 Å². The summed E-state index contributed by atoms with van der Waals surface area (Å²) in [5, 5.41) is 0. The third-order valence-electron chi connectivity index (χ3n) is 3.96. The lowest BCUT2D eigenvalue weighted by Gasteiger charge is -2.29. The fourth-order valence-electron chi connectivity index (χ4n) is 2.70. The van der Waals surface area contributed by atoms with E-state index >= 15 is 0 Å². The van der Waals surface area contributed by atoms with Crippen LogP contribution in [0.2, 0.25) is 0 Å². The normalized spacial score (nSPS) is 15.1. The molecular formula is C22H19IO7. The van der Waals surface area contributed by atoms with E-state index in [0.717, 1.165) is 0 Å². The Morgan fingerprint density at radius 3 is 2.33 bits per heavy atom. The zero-order chi connectivity index (χ0) is 21.9. The summed E-state index contributed by atoms with van der Waals surface area (Å²) in [7, 11) is 0. The summed E-state index contributed by atoms with van der Waals surface area (Å²) in [6.07, 6.45) is 1.35. The molecule has 3 rings (SSSR count). The maximum Gasteiger partial charge on any atom is 0.348 e. The molecule has 0 amide bonds. The van der Waals surface area contributed by atoms with Crippen LogP contribution in [0, 0.1) is 3.57 Å². The summed E-state index contributed by atoms with van der Waals surface area (Å²) in [6.45, 7) is 5.07. The minimum atomic E-state index is -1.31. The highest BCUT2D eigenvalue weighted by molar-refractivity contribution is 14.1. The van der Waals surface area contributed by atoms with E-state index in [1.165, 1.54) is 19.9 Å². The molecule has 1 fully saturated rings. The number of rotatable bonds is 5. The van der Waals surface area contributed by atoms with Crippen LogP contribution in [0.5, 0.6) is 11.5 Å². The third kappa shape index (κ3) is 4.99. The molecule has 2 aromatic carbocycles. The molecule has 1 aliphatic rings. The van der Waals surface area contributed by atoms with E-state index in [0.29, 0.717) is 27.1 Å². The SMILES string of the molecule is CCOc1cc(C=C2C(=O)OC(C)(C)OC2=O)cc(I)c1OC(=O)c1ccccc1. The molecule has 0 bridgehead atoms. The summed E-state index contributed by atoms with van der Waals surface area (Å²) in [5.74, 6) is -2.83. The summed E-state index contributed by atoms with van der Waals surface area (Å²) in [5.41, 5.74) is 0.657. The topological polar surface area (TPSA) is 88.1 Å². The standard InChI is InChI=1S/C22H19IO7/c1-4-27-17-12-13(10-15-20(25)29-22(2,3)30-21(15)26)11-16(23)18(17)28-19(24)14-8-6-5-7-9-14/h5-12H,4H2,1-3H3.